The number of para-hydroxylation sites is 1. The molecule has 1 aromatic heterocycles. The van der Waals surface area contributed by atoms with Gasteiger partial charge in [-0.1, -0.05) is 18.2 Å². The van der Waals surface area contributed by atoms with Crippen LogP contribution in [0.4, 0.5) is 11.6 Å². The van der Waals surface area contributed by atoms with Crippen molar-refractivity contribution in [2.45, 2.75) is 32.2 Å². The topological polar surface area (TPSA) is 29.9 Å². The van der Waals surface area contributed by atoms with Gasteiger partial charge in [0.25, 0.3) is 0 Å². The minimum atomic E-state index is 0.875. The highest BCUT2D eigenvalue weighted by Crippen LogP contribution is 2.50. The van der Waals surface area contributed by atoms with Crippen LogP contribution in [0, 0.1) is 17.8 Å². The van der Waals surface area contributed by atoms with Gasteiger partial charge in [-0.2, -0.15) is 0 Å². The van der Waals surface area contributed by atoms with Crippen LogP contribution in [0.2, 0.25) is 0 Å². The molecule has 2 fully saturated rings. The van der Waals surface area contributed by atoms with Gasteiger partial charge in [0.1, 0.15) is 0 Å². The van der Waals surface area contributed by atoms with E-state index in [4.69, 9.17) is 0 Å². The quantitative estimate of drug-likeness (QED) is 0.855. The Bertz CT molecular complexity index is 555. The van der Waals surface area contributed by atoms with Crippen LogP contribution >= 0.6 is 0 Å². The van der Waals surface area contributed by atoms with Crippen LogP contribution in [0.15, 0.2) is 42.7 Å². The molecule has 0 unspecified atom stereocenters. The first kappa shape index (κ1) is 12.0. The van der Waals surface area contributed by atoms with Gasteiger partial charge in [0.15, 0.2) is 0 Å². The highest BCUT2D eigenvalue weighted by Gasteiger charge is 2.41. The molecule has 2 aromatic rings. The van der Waals surface area contributed by atoms with E-state index in [1.807, 2.05) is 24.4 Å². The summed E-state index contributed by atoms with van der Waals surface area (Å²) < 4.78 is 2.30. The van der Waals surface area contributed by atoms with Crippen molar-refractivity contribution in [1.82, 2.24) is 9.55 Å². The second-order valence-corrected chi connectivity index (χ2v) is 6.23. The van der Waals surface area contributed by atoms with Crippen LogP contribution < -0.4 is 5.32 Å². The third-order valence-electron chi connectivity index (χ3n) is 4.61. The standard InChI is InChI=1S/C17H21N3/c1-2-4-15(5-3-1)19-17-18-10-11-20(17)12-16(13-6-7-13)14-8-9-14/h1-5,10-11,13-14,16H,6-9,12H2,(H,18,19). The lowest BCUT2D eigenvalue weighted by Gasteiger charge is -2.18. The molecule has 2 saturated carbocycles. The molecule has 1 heterocycles. The maximum atomic E-state index is 4.48. The second-order valence-electron chi connectivity index (χ2n) is 6.23. The van der Waals surface area contributed by atoms with Gasteiger partial charge in [0, 0.05) is 24.6 Å². The molecule has 104 valence electrons. The molecule has 0 radical (unpaired) electrons. The van der Waals surface area contributed by atoms with Crippen LogP contribution in [0.5, 0.6) is 0 Å². The van der Waals surface area contributed by atoms with Crippen molar-refractivity contribution < 1.29 is 0 Å². The van der Waals surface area contributed by atoms with E-state index in [1.165, 1.54) is 25.7 Å². The van der Waals surface area contributed by atoms with Crippen LogP contribution in [0.1, 0.15) is 25.7 Å². The molecule has 3 nitrogen and oxygen atoms in total. The van der Waals surface area contributed by atoms with E-state index < -0.39 is 0 Å². The summed E-state index contributed by atoms with van der Waals surface area (Å²) in [5.41, 5.74) is 1.11. The van der Waals surface area contributed by atoms with Gasteiger partial charge in [-0.3, -0.25) is 0 Å². The maximum absolute atomic E-state index is 4.48. The van der Waals surface area contributed by atoms with Crippen LogP contribution in [0.3, 0.4) is 0 Å². The van der Waals surface area contributed by atoms with Crippen molar-refractivity contribution in [3.05, 3.63) is 42.7 Å². The molecular weight excluding hydrogens is 246 g/mol. The molecule has 0 spiro atoms. The predicted molar refractivity (Wildman–Crippen MR) is 80.9 cm³/mol. The number of nitrogens with zero attached hydrogens (tertiary/aromatic N) is 2. The molecule has 1 aromatic carbocycles. The van der Waals surface area contributed by atoms with E-state index in [0.29, 0.717) is 0 Å². The summed E-state index contributed by atoms with van der Waals surface area (Å²) in [6, 6.07) is 10.3. The van der Waals surface area contributed by atoms with E-state index in [2.05, 4.69) is 33.2 Å². The lowest BCUT2D eigenvalue weighted by Crippen LogP contribution is -2.16. The van der Waals surface area contributed by atoms with E-state index in [-0.39, 0.29) is 0 Å². The zero-order valence-electron chi connectivity index (χ0n) is 11.7. The average molecular weight is 267 g/mol. The molecule has 3 heteroatoms. The predicted octanol–water partition coefficient (Wildman–Crippen LogP) is 4.06. The number of imidazole rings is 1. The van der Waals surface area contributed by atoms with Crippen LogP contribution in [0.25, 0.3) is 0 Å². The van der Waals surface area contributed by atoms with E-state index >= 15 is 0 Å². The Hall–Kier alpha value is -1.77. The minimum absolute atomic E-state index is 0.875. The fourth-order valence-electron chi connectivity index (χ4n) is 3.19. The average Bonchev–Trinajstić information content (AvgIpc) is 3.38. The van der Waals surface area contributed by atoms with Gasteiger partial charge in [0.05, 0.1) is 0 Å². The van der Waals surface area contributed by atoms with Gasteiger partial charge in [0.2, 0.25) is 5.95 Å². The summed E-state index contributed by atoms with van der Waals surface area (Å²) in [6.07, 6.45) is 9.79. The highest BCUT2D eigenvalue weighted by molar-refractivity contribution is 5.53. The lowest BCUT2D eigenvalue weighted by atomic mass is 9.98. The molecule has 0 bridgehead atoms. The van der Waals surface area contributed by atoms with E-state index in [0.717, 1.165) is 35.9 Å². The summed E-state index contributed by atoms with van der Waals surface area (Å²) in [5, 5.41) is 3.43. The zero-order valence-corrected chi connectivity index (χ0v) is 11.7. The molecule has 0 aliphatic heterocycles. The fraction of sp³-hybridized carbons (Fsp3) is 0.471. The molecule has 1 N–H and O–H groups in total. The van der Waals surface area contributed by atoms with Gasteiger partial charge in [-0.15, -0.1) is 0 Å². The Balaban J connectivity index is 1.49. The van der Waals surface area contributed by atoms with Crippen molar-refractivity contribution in [2.75, 3.05) is 5.32 Å². The van der Waals surface area contributed by atoms with Gasteiger partial charge in [-0.25, -0.2) is 4.98 Å². The Labute approximate surface area is 120 Å². The Morgan fingerprint density at radius 3 is 2.45 bits per heavy atom. The fourth-order valence-corrected chi connectivity index (χ4v) is 3.19. The number of rotatable bonds is 6. The number of hydrogen-bond acceptors (Lipinski definition) is 2. The monoisotopic (exact) mass is 267 g/mol. The summed E-state index contributed by atoms with van der Waals surface area (Å²) >= 11 is 0. The maximum Gasteiger partial charge on any atom is 0.207 e. The third kappa shape index (κ3) is 2.58. The molecule has 0 amide bonds. The van der Waals surface area contributed by atoms with Crippen molar-refractivity contribution >= 4 is 11.6 Å². The molecule has 4 rings (SSSR count). The van der Waals surface area contributed by atoms with Crippen molar-refractivity contribution in [2.24, 2.45) is 17.8 Å². The molecule has 2 aliphatic carbocycles. The number of hydrogen-bond donors (Lipinski definition) is 1. The Kier molecular flexibility index (Phi) is 2.98. The minimum Gasteiger partial charge on any atom is -0.326 e. The van der Waals surface area contributed by atoms with Crippen LogP contribution in [-0.4, -0.2) is 9.55 Å². The molecular formula is C17H21N3. The number of anilines is 2. The smallest absolute Gasteiger partial charge is 0.207 e. The zero-order chi connectivity index (χ0) is 13.4. The van der Waals surface area contributed by atoms with Crippen molar-refractivity contribution in [3.8, 4) is 0 Å². The Morgan fingerprint density at radius 1 is 1.10 bits per heavy atom. The Morgan fingerprint density at radius 2 is 1.80 bits per heavy atom. The van der Waals surface area contributed by atoms with Crippen molar-refractivity contribution in [1.29, 1.82) is 0 Å². The van der Waals surface area contributed by atoms with Gasteiger partial charge < -0.3 is 9.88 Å². The lowest BCUT2D eigenvalue weighted by molar-refractivity contribution is 0.351. The highest BCUT2D eigenvalue weighted by atomic mass is 15.2. The van der Waals surface area contributed by atoms with E-state index in [9.17, 15) is 0 Å². The number of benzene rings is 1. The van der Waals surface area contributed by atoms with Crippen LogP contribution in [-0.2, 0) is 6.54 Å². The van der Waals surface area contributed by atoms with Crippen molar-refractivity contribution in [3.63, 3.8) is 0 Å². The third-order valence-corrected chi connectivity index (χ3v) is 4.61. The first-order chi connectivity index (χ1) is 9.90. The largest absolute Gasteiger partial charge is 0.326 e. The summed E-state index contributed by atoms with van der Waals surface area (Å²) in [6.45, 7) is 1.13. The number of aromatic nitrogens is 2. The number of nitrogens with one attached hydrogen (secondary N) is 1. The molecule has 0 saturated heterocycles. The molecule has 0 atom stereocenters. The van der Waals surface area contributed by atoms with E-state index in [1.54, 1.807) is 0 Å². The second kappa shape index (κ2) is 4.97. The normalized spacial score (nSPS) is 18.4. The SMILES string of the molecule is c1ccc(Nc2nccn2CC(C2CC2)C2CC2)cc1. The summed E-state index contributed by atoms with van der Waals surface area (Å²) in [5.74, 6) is 3.81. The first-order valence-corrected chi connectivity index (χ1v) is 7.73. The first-order valence-electron chi connectivity index (χ1n) is 7.73. The van der Waals surface area contributed by atoms with Gasteiger partial charge >= 0.3 is 0 Å². The van der Waals surface area contributed by atoms with Gasteiger partial charge in [-0.05, 0) is 55.6 Å². The summed E-state index contributed by atoms with van der Waals surface area (Å²) in [4.78, 5) is 4.48. The summed E-state index contributed by atoms with van der Waals surface area (Å²) in [7, 11) is 0. The molecule has 20 heavy (non-hydrogen) atoms. The molecule has 2 aliphatic rings.